The normalized spacial score (nSPS) is 14.3. The molecule has 0 aliphatic carbocycles. The van der Waals surface area contributed by atoms with Gasteiger partial charge in [-0.1, -0.05) is 24.3 Å². The molecule has 8 heteroatoms. The maximum absolute atomic E-state index is 12.0. The third-order valence-electron chi connectivity index (χ3n) is 7.16. The summed E-state index contributed by atoms with van der Waals surface area (Å²) in [6, 6.07) is 26.1. The fourth-order valence-electron chi connectivity index (χ4n) is 5.02. The summed E-state index contributed by atoms with van der Waals surface area (Å²) in [6.45, 7) is 3.66. The van der Waals surface area contributed by atoms with Crippen LogP contribution in [0.5, 0.6) is 23.0 Å². The number of carbonyl (C=O) groups excluding carboxylic acids is 4. The average molecular weight is 571 g/mol. The topological polar surface area (TPSA) is 93.2 Å². The third-order valence-corrected chi connectivity index (χ3v) is 7.16. The first-order valence-electron chi connectivity index (χ1n) is 13.6. The Hall–Kier alpha value is -5.76. The summed E-state index contributed by atoms with van der Waals surface area (Å²) in [5.41, 5.74) is 4.81. The van der Waals surface area contributed by atoms with E-state index in [2.05, 4.69) is 0 Å². The molecule has 4 aromatic rings. The molecular weight excluding hydrogens is 544 g/mol. The van der Waals surface area contributed by atoms with Crippen molar-refractivity contribution in [3.05, 3.63) is 131 Å². The van der Waals surface area contributed by atoms with Crippen LogP contribution < -0.4 is 19.3 Å². The summed E-state index contributed by atoms with van der Waals surface area (Å²) < 4.78 is 12.0. The number of rotatable bonds is 8. The number of hydrogen-bond acceptors (Lipinski definition) is 6. The van der Waals surface area contributed by atoms with Crippen LogP contribution in [0.3, 0.4) is 0 Å². The number of carbonyl (C=O) groups is 4. The number of hydrogen-bond donors (Lipinski definition) is 0. The van der Waals surface area contributed by atoms with Gasteiger partial charge in [0, 0.05) is 24.3 Å². The zero-order chi connectivity index (χ0) is 30.1. The van der Waals surface area contributed by atoms with Gasteiger partial charge in [-0.25, -0.2) is 9.80 Å². The number of ether oxygens (including phenoxy) is 2. The maximum atomic E-state index is 12.0. The summed E-state index contributed by atoms with van der Waals surface area (Å²) in [4.78, 5) is 50.3. The van der Waals surface area contributed by atoms with E-state index in [0.717, 1.165) is 38.5 Å². The van der Waals surface area contributed by atoms with E-state index in [4.69, 9.17) is 9.47 Å². The van der Waals surface area contributed by atoms with Gasteiger partial charge in [0.25, 0.3) is 23.6 Å². The van der Waals surface area contributed by atoms with Gasteiger partial charge in [-0.2, -0.15) is 0 Å². The molecule has 6 rings (SSSR count). The van der Waals surface area contributed by atoms with Crippen LogP contribution in [0.25, 0.3) is 0 Å². The summed E-state index contributed by atoms with van der Waals surface area (Å²) in [5.74, 6) is 1.15. The van der Waals surface area contributed by atoms with Crippen LogP contribution in [-0.4, -0.2) is 23.6 Å². The quantitative estimate of drug-likeness (QED) is 0.230. The zero-order valence-corrected chi connectivity index (χ0v) is 23.4. The molecule has 0 saturated carbocycles. The van der Waals surface area contributed by atoms with E-state index in [9.17, 15) is 19.2 Å². The summed E-state index contributed by atoms with van der Waals surface area (Å²) in [7, 11) is 0. The first-order chi connectivity index (χ1) is 20.7. The molecule has 0 fully saturated rings. The monoisotopic (exact) mass is 570 g/mol. The van der Waals surface area contributed by atoms with Gasteiger partial charge >= 0.3 is 0 Å². The molecule has 0 saturated heterocycles. The van der Waals surface area contributed by atoms with Gasteiger partial charge in [0.1, 0.15) is 23.0 Å². The highest BCUT2D eigenvalue weighted by atomic mass is 16.5. The Morgan fingerprint density at radius 2 is 0.791 bits per heavy atom. The van der Waals surface area contributed by atoms with Crippen molar-refractivity contribution in [3.63, 3.8) is 0 Å². The van der Waals surface area contributed by atoms with Crippen molar-refractivity contribution in [1.29, 1.82) is 0 Å². The molecule has 8 nitrogen and oxygen atoms in total. The smallest absolute Gasteiger partial charge is 0.258 e. The summed E-state index contributed by atoms with van der Waals surface area (Å²) >= 11 is 0. The van der Waals surface area contributed by atoms with Crippen molar-refractivity contribution in [2.75, 3.05) is 9.80 Å². The van der Waals surface area contributed by atoms with Crippen LogP contribution in [0.4, 0.5) is 11.4 Å². The lowest BCUT2D eigenvalue weighted by Gasteiger charge is -2.17. The molecule has 43 heavy (non-hydrogen) atoms. The van der Waals surface area contributed by atoms with E-state index < -0.39 is 0 Å². The zero-order valence-electron chi connectivity index (χ0n) is 23.4. The lowest BCUT2D eigenvalue weighted by Crippen LogP contribution is -2.30. The molecule has 2 aliphatic rings. The molecule has 0 N–H and O–H groups in total. The largest absolute Gasteiger partial charge is 0.457 e. The number of aryl methyl sites for hydroxylation is 2. The molecule has 212 valence electrons. The Bertz CT molecular complexity index is 1670. The Balaban J connectivity index is 1.05. The van der Waals surface area contributed by atoms with Gasteiger partial charge in [0.2, 0.25) is 0 Å². The average Bonchev–Trinajstić information content (AvgIpc) is 3.50. The molecule has 0 bridgehead atoms. The molecule has 2 aliphatic heterocycles. The van der Waals surface area contributed by atoms with E-state index in [-0.39, 0.29) is 23.6 Å². The van der Waals surface area contributed by atoms with E-state index >= 15 is 0 Å². The Morgan fingerprint density at radius 1 is 0.465 bits per heavy atom. The SMILES string of the molecule is Cc1cc(Oc2ccc(Cc3ccc(Oc4ccc(N5C(=O)C=CC5=O)c(C)c4)cc3)cc2)ccc1N1C(=O)C=CC1=O. The first kappa shape index (κ1) is 27.4. The highest BCUT2D eigenvalue weighted by Gasteiger charge is 2.27. The van der Waals surface area contributed by atoms with Crippen molar-refractivity contribution in [1.82, 2.24) is 0 Å². The Morgan fingerprint density at radius 3 is 1.12 bits per heavy atom. The van der Waals surface area contributed by atoms with Crippen LogP contribution in [-0.2, 0) is 25.6 Å². The van der Waals surface area contributed by atoms with Gasteiger partial charge in [-0.3, -0.25) is 19.2 Å². The minimum absolute atomic E-state index is 0.352. The number of imide groups is 2. The molecule has 0 aromatic heterocycles. The van der Waals surface area contributed by atoms with Gasteiger partial charge in [-0.05, 0) is 103 Å². The highest BCUT2D eigenvalue weighted by Crippen LogP contribution is 2.32. The van der Waals surface area contributed by atoms with Crippen molar-refractivity contribution >= 4 is 35.0 Å². The second kappa shape index (κ2) is 11.3. The van der Waals surface area contributed by atoms with Crippen LogP contribution in [0, 0.1) is 13.8 Å². The highest BCUT2D eigenvalue weighted by molar-refractivity contribution is 6.29. The number of anilines is 2. The predicted molar refractivity (Wildman–Crippen MR) is 161 cm³/mol. The second-order valence-electron chi connectivity index (χ2n) is 10.3. The van der Waals surface area contributed by atoms with E-state index in [0.29, 0.717) is 34.4 Å². The Kier molecular flexibility index (Phi) is 7.17. The molecule has 2 heterocycles. The molecule has 4 aromatic carbocycles. The third kappa shape index (κ3) is 5.71. The minimum Gasteiger partial charge on any atom is -0.457 e. The summed E-state index contributed by atoms with van der Waals surface area (Å²) in [5, 5.41) is 0. The number of benzene rings is 4. The molecule has 0 radical (unpaired) electrons. The molecule has 0 atom stereocenters. The summed E-state index contributed by atoms with van der Waals surface area (Å²) in [6.07, 6.45) is 5.78. The lowest BCUT2D eigenvalue weighted by atomic mass is 10.0. The van der Waals surface area contributed by atoms with Crippen molar-refractivity contribution in [2.24, 2.45) is 0 Å². The van der Waals surface area contributed by atoms with Gasteiger partial charge < -0.3 is 9.47 Å². The molecular formula is C35H26N2O6. The van der Waals surface area contributed by atoms with Crippen molar-refractivity contribution < 1.29 is 28.7 Å². The minimum atomic E-state index is -0.352. The number of nitrogens with zero attached hydrogens (tertiary/aromatic N) is 2. The molecule has 4 amide bonds. The van der Waals surface area contributed by atoms with Gasteiger partial charge in [0.05, 0.1) is 11.4 Å². The van der Waals surface area contributed by atoms with Crippen LogP contribution in [0.15, 0.2) is 109 Å². The lowest BCUT2D eigenvalue weighted by molar-refractivity contribution is -0.121. The van der Waals surface area contributed by atoms with E-state index in [1.165, 1.54) is 24.3 Å². The molecule has 0 unspecified atom stereocenters. The van der Waals surface area contributed by atoms with E-state index in [1.807, 2.05) is 62.4 Å². The van der Waals surface area contributed by atoms with Crippen LogP contribution in [0.2, 0.25) is 0 Å². The fraction of sp³-hybridized carbons (Fsp3) is 0.0857. The van der Waals surface area contributed by atoms with Gasteiger partial charge in [-0.15, -0.1) is 0 Å². The fourth-order valence-corrected chi connectivity index (χ4v) is 5.02. The van der Waals surface area contributed by atoms with Gasteiger partial charge in [0.15, 0.2) is 0 Å². The predicted octanol–water partition coefficient (Wildman–Crippen LogP) is 6.34. The van der Waals surface area contributed by atoms with Crippen molar-refractivity contribution in [2.45, 2.75) is 20.3 Å². The van der Waals surface area contributed by atoms with E-state index in [1.54, 1.807) is 36.4 Å². The van der Waals surface area contributed by atoms with Crippen molar-refractivity contribution in [3.8, 4) is 23.0 Å². The van der Waals surface area contributed by atoms with Crippen LogP contribution in [0.1, 0.15) is 22.3 Å². The number of amides is 4. The second-order valence-corrected chi connectivity index (χ2v) is 10.3. The maximum Gasteiger partial charge on any atom is 0.258 e. The Labute approximate surface area is 248 Å². The van der Waals surface area contributed by atoms with Crippen LogP contribution >= 0.6 is 0 Å². The molecule has 0 spiro atoms. The standard InChI is InChI=1S/C35H26N2O6/c1-22-19-28(11-13-30(22)36-32(38)15-16-33(36)39)42-26-7-3-24(4-8-26)21-25-5-9-27(10-6-25)43-29-12-14-31(23(2)20-29)37-34(40)17-18-35(37)41/h3-20H,21H2,1-2H3. The first-order valence-corrected chi connectivity index (χ1v) is 13.6.